The molecule has 0 saturated carbocycles. The summed E-state index contributed by atoms with van der Waals surface area (Å²) >= 11 is 6.92. The number of rotatable bonds is 7. The van der Waals surface area contributed by atoms with Gasteiger partial charge in [0.05, 0.1) is 5.39 Å². The minimum atomic E-state index is -1.08. The lowest BCUT2D eigenvalue weighted by atomic mass is 10.1. The third-order valence-electron chi connectivity index (χ3n) is 4.40. The summed E-state index contributed by atoms with van der Waals surface area (Å²) < 4.78 is 1.51. The number of carbonyl (C=O) groups is 2. The Hall–Kier alpha value is -2.71. The van der Waals surface area contributed by atoms with E-state index in [9.17, 15) is 19.5 Å². The highest BCUT2D eigenvalue weighted by Gasteiger charge is 2.21. The lowest BCUT2D eigenvalue weighted by Gasteiger charge is -2.12. The number of thiophene rings is 1. The number of hydrogen-bond donors (Lipinski definition) is 2. The number of carboxylic acids is 1. The highest BCUT2D eigenvalue weighted by atomic mass is 35.5. The number of halogens is 1. The topological polar surface area (TPSA) is 115 Å². The van der Waals surface area contributed by atoms with Gasteiger partial charge >= 0.3 is 5.97 Å². The van der Waals surface area contributed by atoms with Crippen LogP contribution in [0.3, 0.4) is 0 Å². The standard InChI is InChI=1S/C19H18ClN3O4S/c1-10-15-17(28-16(10)19(26)27)22-14(9-11-4-6-12(20)7-5-11)23(18(15)25)8-2-3-13(21)24/h4-7H,2-3,8-9H2,1H3,(H2,21,24)(H,26,27). The number of carbonyl (C=O) groups excluding carboxylic acids is 1. The average Bonchev–Trinajstić information content (AvgIpc) is 2.96. The number of aryl methyl sites for hydroxylation is 1. The van der Waals surface area contributed by atoms with E-state index in [1.54, 1.807) is 19.1 Å². The zero-order valence-corrected chi connectivity index (χ0v) is 16.6. The van der Waals surface area contributed by atoms with Crippen LogP contribution in [0.15, 0.2) is 29.1 Å². The molecule has 3 N–H and O–H groups in total. The summed E-state index contributed by atoms with van der Waals surface area (Å²) in [6.07, 6.45) is 0.914. The molecule has 0 unspecified atom stereocenters. The van der Waals surface area contributed by atoms with E-state index in [4.69, 9.17) is 17.3 Å². The van der Waals surface area contributed by atoms with E-state index < -0.39 is 11.9 Å². The summed E-state index contributed by atoms with van der Waals surface area (Å²) in [5, 5.41) is 10.3. The first-order chi connectivity index (χ1) is 13.3. The number of aromatic carboxylic acids is 1. The molecule has 0 aliphatic heterocycles. The Morgan fingerprint density at radius 2 is 1.96 bits per heavy atom. The van der Waals surface area contributed by atoms with Gasteiger partial charge in [0.2, 0.25) is 5.91 Å². The first-order valence-corrected chi connectivity index (χ1v) is 9.76. The smallest absolute Gasteiger partial charge is 0.346 e. The molecule has 0 saturated heterocycles. The Kier molecular flexibility index (Phi) is 5.81. The third kappa shape index (κ3) is 4.07. The van der Waals surface area contributed by atoms with Gasteiger partial charge in [-0.15, -0.1) is 11.3 Å². The quantitative estimate of drug-likeness (QED) is 0.610. The monoisotopic (exact) mass is 419 g/mol. The molecule has 146 valence electrons. The largest absolute Gasteiger partial charge is 0.477 e. The Morgan fingerprint density at radius 3 is 2.57 bits per heavy atom. The number of aromatic nitrogens is 2. The van der Waals surface area contributed by atoms with E-state index in [2.05, 4.69) is 4.98 Å². The summed E-state index contributed by atoms with van der Waals surface area (Å²) in [6, 6.07) is 7.19. The van der Waals surface area contributed by atoms with Crippen molar-refractivity contribution in [2.75, 3.05) is 0 Å². The molecule has 28 heavy (non-hydrogen) atoms. The van der Waals surface area contributed by atoms with Crippen molar-refractivity contribution < 1.29 is 14.7 Å². The maximum absolute atomic E-state index is 13.1. The van der Waals surface area contributed by atoms with Crippen molar-refractivity contribution in [2.24, 2.45) is 5.73 Å². The molecule has 7 nitrogen and oxygen atoms in total. The number of primary amides is 1. The SMILES string of the molecule is Cc1c(C(=O)O)sc2nc(Cc3ccc(Cl)cc3)n(CCCC(N)=O)c(=O)c12. The van der Waals surface area contributed by atoms with Gasteiger partial charge in [0.15, 0.2) is 0 Å². The maximum Gasteiger partial charge on any atom is 0.346 e. The molecule has 0 aliphatic carbocycles. The van der Waals surface area contributed by atoms with Gasteiger partial charge in [-0.25, -0.2) is 9.78 Å². The van der Waals surface area contributed by atoms with E-state index in [0.29, 0.717) is 39.5 Å². The van der Waals surface area contributed by atoms with Crippen molar-refractivity contribution in [1.29, 1.82) is 0 Å². The normalized spacial score (nSPS) is 11.1. The van der Waals surface area contributed by atoms with E-state index in [0.717, 1.165) is 16.9 Å². The van der Waals surface area contributed by atoms with Crippen LogP contribution in [-0.2, 0) is 17.8 Å². The second-order valence-electron chi connectivity index (χ2n) is 6.40. The Bertz CT molecular complexity index is 1120. The summed E-state index contributed by atoms with van der Waals surface area (Å²) in [4.78, 5) is 40.7. The number of hydrogen-bond acceptors (Lipinski definition) is 5. The van der Waals surface area contributed by atoms with Crippen LogP contribution in [0.5, 0.6) is 0 Å². The third-order valence-corrected chi connectivity index (χ3v) is 5.83. The molecule has 0 radical (unpaired) electrons. The summed E-state index contributed by atoms with van der Waals surface area (Å²) in [5.74, 6) is -1.02. The molecule has 3 aromatic rings. The van der Waals surface area contributed by atoms with Crippen molar-refractivity contribution in [2.45, 2.75) is 32.7 Å². The van der Waals surface area contributed by atoms with E-state index in [1.165, 1.54) is 4.57 Å². The molecule has 9 heteroatoms. The van der Waals surface area contributed by atoms with Gasteiger partial charge in [0.25, 0.3) is 5.56 Å². The summed E-state index contributed by atoms with van der Waals surface area (Å²) in [6.45, 7) is 1.88. The van der Waals surface area contributed by atoms with E-state index in [-0.39, 0.29) is 23.4 Å². The zero-order valence-electron chi connectivity index (χ0n) is 15.1. The van der Waals surface area contributed by atoms with Gasteiger partial charge in [-0.2, -0.15) is 0 Å². The van der Waals surface area contributed by atoms with Crippen molar-refractivity contribution in [3.63, 3.8) is 0 Å². The van der Waals surface area contributed by atoms with Crippen LogP contribution in [0.25, 0.3) is 10.2 Å². The van der Waals surface area contributed by atoms with Crippen LogP contribution in [-0.4, -0.2) is 26.5 Å². The van der Waals surface area contributed by atoms with Gasteiger partial charge < -0.3 is 10.8 Å². The van der Waals surface area contributed by atoms with Gasteiger partial charge in [0, 0.05) is 24.4 Å². The van der Waals surface area contributed by atoms with Crippen LogP contribution >= 0.6 is 22.9 Å². The molecular weight excluding hydrogens is 402 g/mol. The fourth-order valence-electron chi connectivity index (χ4n) is 3.02. The van der Waals surface area contributed by atoms with Crippen molar-refractivity contribution >= 4 is 45.0 Å². The fraction of sp³-hybridized carbons (Fsp3) is 0.263. The second kappa shape index (κ2) is 8.12. The summed E-state index contributed by atoms with van der Waals surface area (Å²) in [7, 11) is 0. The Morgan fingerprint density at radius 1 is 1.29 bits per heavy atom. The minimum Gasteiger partial charge on any atom is -0.477 e. The number of benzene rings is 1. The second-order valence-corrected chi connectivity index (χ2v) is 7.83. The first kappa shape index (κ1) is 20.0. The fourth-order valence-corrected chi connectivity index (χ4v) is 4.18. The summed E-state index contributed by atoms with van der Waals surface area (Å²) in [5.41, 5.74) is 6.22. The molecule has 0 atom stereocenters. The molecule has 0 spiro atoms. The predicted molar refractivity (Wildman–Crippen MR) is 108 cm³/mol. The number of amides is 1. The van der Waals surface area contributed by atoms with Gasteiger partial charge in [-0.1, -0.05) is 23.7 Å². The van der Waals surface area contributed by atoms with Crippen LogP contribution in [0, 0.1) is 6.92 Å². The Balaban J connectivity index is 2.12. The van der Waals surface area contributed by atoms with Gasteiger partial charge in [-0.05, 0) is 36.6 Å². The molecule has 2 aromatic heterocycles. The van der Waals surface area contributed by atoms with Crippen LogP contribution in [0.1, 0.15) is 39.5 Å². The molecule has 0 fully saturated rings. The molecule has 2 heterocycles. The molecule has 0 bridgehead atoms. The van der Waals surface area contributed by atoms with Crippen molar-refractivity contribution in [1.82, 2.24) is 9.55 Å². The highest BCUT2D eigenvalue weighted by molar-refractivity contribution is 7.20. The highest BCUT2D eigenvalue weighted by Crippen LogP contribution is 2.28. The van der Waals surface area contributed by atoms with Crippen LogP contribution in [0.4, 0.5) is 0 Å². The number of nitrogens with two attached hydrogens (primary N) is 1. The van der Waals surface area contributed by atoms with Crippen molar-refractivity contribution in [3.8, 4) is 0 Å². The number of carboxylic acid groups (broad SMARTS) is 1. The predicted octanol–water partition coefficient (Wildman–Crippen LogP) is 2.97. The molecule has 3 rings (SSSR count). The van der Waals surface area contributed by atoms with E-state index >= 15 is 0 Å². The van der Waals surface area contributed by atoms with Crippen LogP contribution < -0.4 is 11.3 Å². The molecular formula is C19H18ClN3O4S. The number of fused-ring (bicyclic) bond motifs is 1. The van der Waals surface area contributed by atoms with Crippen LogP contribution in [0.2, 0.25) is 5.02 Å². The van der Waals surface area contributed by atoms with Crippen molar-refractivity contribution in [3.05, 3.63) is 61.5 Å². The maximum atomic E-state index is 13.1. The molecule has 0 aliphatic rings. The van der Waals surface area contributed by atoms with Gasteiger partial charge in [-0.3, -0.25) is 14.2 Å². The molecule has 1 aromatic carbocycles. The Labute approximate surface area is 169 Å². The first-order valence-electron chi connectivity index (χ1n) is 8.56. The lowest BCUT2D eigenvalue weighted by molar-refractivity contribution is -0.118. The zero-order chi connectivity index (χ0) is 20.4. The lowest BCUT2D eigenvalue weighted by Crippen LogP contribution is -2.26. The molecule has 1 amide bonds. The number of nitrogens with zero attached hydrogens (tertiary/aromatic N) is 2. The van der Waals surface area contributed by atoms with Gasteiger partial charge in [0.1, 0.15) is 15.5 Å². The average molecular weight is 420 g/mol. The minimum absolute atomic E-state index is 0.104. The van der Waals surface area contributed by atoms with E-state index in [1.807, 2.05) is 12.1 Å².